The van der Waals surface area contributed by atoms with Gasteiger partial charge in [-0.25, -0.2) is 9.38 Å². The molecule has 4 aromatic rings. The summed E-state index contributed by atoms with van der Waals surface area (Å²) in [5, 5.41) is 19.7. The first-order chi connectivity index (χ1) is 20.9. The van der Waals surface area contributed by atoms with Gasteiger partial charge in [-0.05, 0) is 49.2 Å². The Kier molecular flexibility index (Phi) is 9.73. The smallest absolute Gasteiger partial charge is 0.311 e. The SMILES string of the molecule is CCOc1cc(N2CCN(C(=NCc3cc(-c4ccc(Cl)cc4)no3)NCCc3ccc(F)cc3)CC2)ccc1[N+](=O)[O-]. The van der Waals surface area contributed by atoms with Crippen LogP contribution >= 0.6 is 11.6 Å². The molecule has 1 aliphatic rings. The second kappa shape index (κ2) is 14.0. The number of nitrogens with zero attached hydrogens (tertiary/aromatic N) is 5. The topological polar surface area (TPSA) is 109 Å². The molecule has 3 aromatic carbocycles. The van der Waals surface area contributed by atoms with E-state index in [1.807, 2.05) is 18.2 Å². The fourth-order valence-electron chi connectivity index (χ4n) is 4.83. The standard InChI is InChI=1S/C31H32ClFN6O4/c1-2-42-30-19-26(11-12-29(30)39(40)41)37-15-17-38(18-16-37)31(34-14-13-22-3-9-25(33)10-4-22)35-21-27-20-28(36-43-27)23-5-7-24(32)8-6-23/h3-12,19-20H,2,13-18,21H2,1H3,(H,34,35). The zero-order chi connectivity index (χ0) is 30.2. The van der Waals surface area contributed by atoms with E-state index < -0.39 is 4.92 Å². The molecule has 0 unspecified atom stereocenters. The van der Waals surface area contributed by atoms with Gasteiger partial charge in [-0.15, -0.1) is 0 Å². The van der Waals surface area contributed by atoms with Gasteiger partial charge < -0.3 is 24.4 Å². The average molecular weight is 607 g/mol. The molecule has 1 saturated heterocycles. The van der Waals surface area contributed by atoms with Crippen molar-refractivity contribution in [3.8, 4) is 17.0 Å². The number of hydrogen-bond donors (Lipinski definition) is 1. The van der Waals surface area contributed by atoms with Gasteiger partial charge in [0.2, 0.25) is 0 Å². The van der Waals surface area contributed by atoms with Crippen LogP contribution in [0.15, 0.2) is 82.3 Å². The number of nitro benzene ring substituents is 1. The molecule has 2 heterocycles. The number of benzene rings is 3. The Morgan fingerprint density at radius 1 is 1.09 bits per heavy atom. The fourth-order valence-corrected chi connectivity index (χ4v) is 4.96. The molecule has 0 amide bonds. The molecule has 5 rings (SSSR count). The number of hydrogen-bond acceptors (Lipinski definition) is 7. The molecule has 0 radical (unpaired) electrons. The van der Waals surface area contributed by atoms with Gasteiger partial charge in [-0.2, -0.15) is 0 Å². The minimum Gasteiger partial charge on any atom is -0.487 e. The summed E-state index contributed by atoms with van der Waals surface area (Å²) in [6, 6.07) is 20.7. The maximum atomic E-state index is 13.3. The second-order valence-corrected chi connectivity index (χ2v) is 10.4. The number of ether oxygens (including phenoxy) is 1. The molecule has 224 valence electrons. The van der Waals surface area contributed by atoms with Crippen molar-refractivity contribution in [1.29, 1.82) is 0 Å². The van der Waals surface area contributed by atoms with E-state index in [1.165, 1.54) is 18.2 Å². The van der Waals surface area contributed by atoms with Crippen molar-refractivity contribution < 1.29 is 18.6 Å². The predicted octanol–water partition coefficient (Wildman–Crippen LogP) is 5.95. The summed E-state index contributed by atoms with van der Waals surface area (Å²) in [6.45, 7) is 5.77. The van der Waals surface area contributed by atoms with Gasteiger partial charge in [0.1, 0.15) is 18.1 Å². The maximum Gasteiger partial charge on any atom is 0.311 e. The lowest BCUT2D eigenvalue weighted by Crippen LogP contribution is -2.52. The van der Waals surface area contributed by atoms with Crippen LogP contribution in [0.2, 0.25) is 5.02 Å². The van der Waals surface area contributed by atoms with E-state index in [0.29, 0.717) is 68.8 Å². The van der Waals surface area contributed by atoms with Crippen molar-refractivity contribution in [3.05, 3.63) is 105 Å². The zero-order valence-corrected chi connectivity index (χ0v) is 24.5. The summed E-state index contributed by atoms with van der Waals surface area (Å²) in [7, 11) is 0. The molecule has 1 aromatic heterocycles. The second-order valence-electron chi connectivity index (χ2n) is 9.94. The Morgan fingerprint density at radius 2 is 1.84 bits per heavy atom. The highest BCUT2D eigenvalue weighted by atomic mass is 35.5. The molecule has 12 heteroatoms. The Labute approximate surface area is 253 Å². The van der Waals surface area contributed by atoms with Crippen LogP contribution in [-0.4, -0.2) is 60.3 Å². The summed E-state index contributed by atoms with van der Waals surface area (Å²) >= 11 is 6.01. The first kappa shape index (κ1) is 29.8. The first-order valence-corrected chi connectivity index (χ1v) is 14.4. The first-order valence-electron chi connectivity index (χ1n) is 14.0. The fraction of sp³-hybridized carbons (Fsp3) is 0.290. The van der Waals surface area contributed by atoms with Gasteiger partial charge >= 0.3 is 5.69 Å². The number of halogens is 2. The van der Waals surface area contributed by atoms with Crippen LogP contribution in [-0.2, 0) is 13.0 Å². The monoisotopic (exact) mass is 606 g/mol. The van der Waals surface area contributed by atoms with E-state index in [4.69, 9.17) is 25.9 Å². The van der Waals surface area contributed by atoms with Gasteiger partial charge in [0.15, 0.2) is 17.5 Å². The van der Waals surface area contributed by atoms with Gasteiger partial charge in [-0.3, -0.25) is 10.1 Å². The van der Waals surface area contributed by atoms with Crippen LogP contribution in [0.5, 0.6) is 5.75 Å². The van der Waals surface area contributed by atoms with Gasteiger partial charge in [-0.1, -0.05) is 41.0 Å². The third-order valence-corrected chi connectivity index (χ3v) is 7.33. The lowest BCUT2D eigenvalue weighted by molar-refractivity contribution is -0.385. The highest BCUT2D eigenvalue weighted by molar-refractivity contribution is 6.30. The summed E-state index contributed by atoms with van der Waals surface area (Å²) in [6.07, 6.45) is 0.700. The molecular formula is C31H32ClFN6O4. The van der Waals surface area contributed by atoms with Gasteiger partial charge in [0, 0.05) is 67.2 Å². The molecule has 10 nitrogen and oxygen atoms in total. The summed E-state index contributed by atoms with van der Waals surface area (Å²) in [5.41, 5.74) is 3.44. The van der Waals surface area contributed by atoms with E-state index in [0.717, 1.165) is 22.8 Å². The van der Waals surface area contributed by atoms with Crippen LogP contribution in [0.25, 0.3) is 11.3 Å². The molecule has 0 saturated carbocycles. The highest BCUT2D eigenvalue weighted by Gasteiger charge is 2.23. The van der Waals surface area contributed by atoms with E-state index >= 15 is 0 Å². The Hall–Kier alpha value is -4.64. The highest BCUT2D eigenvalue weighted by Crippen LogP contribution is 2.32. The van der Waals surface area contributed by atoms with Crippen molar-refractivity contribution in [2.75, 3.05) is 44.2 Å². The summed E-state index contributed by atoms with van der Waals surface area (Å²) in [4.78, 5) is 20.2. The predicted molar refractivity (Wildman–Crippen MR) is 164 cm³/mol. The van der Waals surface area contributed by atoms with E-state index in [-0.39, 0.29) is 17.3 Å². The number of anilines is 1. The molecule has 1 aliphatic heterocycles. The Balaban J connectivity index is 1.27. The van der Waals surface area contributed by atoms with E-state index in [2.05, 4.69) is 20.3 Å². The Bertz CT molecular complexity index is 1550. The van der Waals surface area contributed by atoms with Crippen LogP contribution in [0, 0.1) is 15.9 Å². The molecule has 0 aliphatic carbocycles. The van der Waals surface area contributed by atoms with Crippen LogP contribution in [0.4, 0.5) is 15.8 Å². The van der Waals surface area contributed by atoms with Crippen LogP contribution in [0.1, 0.15) is 18.2 Å². The minimum absolute atomic E-state index is 0.0457. The molecule has 1 N–H and O–H groups in total. The maximum absolute atomic E-state index is 13.3. The van der Waals surface area contributed by atoms with Crippen molar-refractivity contribution >= 4 is 28.9 Å². The minimum atomic E-state index is -0.431. The average Bonchev–Trinajstić information content (AvgIpc) is 3.49. The van der Waals surface area contributed by atoms with E-state index in [9.17, 15) is 14.5 Å². The third kappa shape index (κ3) is 7.81. The van der Waals surface area contributed by atoms with E-state index in [1.54, 1.807) is 43.3 Å². The Morgan fingerprint density at radius 3 is 2.53 bits per heavy atom. The number of guanidine groups is 1. The van der Waals surface area contributed by atoms with Crippen LogP contribution in [0.3, 0.4) is 0 Å². The number of nitro groups is 1. The van der Waals surface area contributed by atoms with Crippen molar-refractivity contribution in [3.63, 3.8) is 0 Å². The lowest BCUT2D eigenvalue weighted by Gasteiger charge is -2.37. The van der Waals surface area contributed by atoms with Crippen LogP contribution < -0.4 is 15.0 Å². The molecule has 43 heavy (non-hydrogen) atoms. The number of nitrogens with one attached hydrogen (secondary N) is 1. The molecule has 0 atom stereocenters. The molecule has 0 spiro atoms. The largest absolute Gasteiger partial charge is 0.487 e. The van der Waals surface area contributed by atoms with Gasteiger partial charge in [0.25, 0.3) is 0 Å². The van der Waals surface area contributed by atoms with Crippen molar-refractivity contribution in [2.24, 2.45) is 4.99 Å². The molecule has 0 bridgehead atoms. The summed E-state index contributed by atoms with van der Waals surface area (Å²) < 4.78 is 24.4. The third-order valence-electron chi connectivity index (χ3n) is 7.08. The zero-order valence-electron chi connectivity index (χ0n) is 23.7. The van der Waals surface area contributed by atoms with Crippen molar-refractivity contribution in [2.45, 2.75) is 19.9 Å². The normalized spacial score (nSPS) is 13.7. The summed E-state index contributed by atoms with van der Waals surface area (Å²) in [5.74, 6) is 1.35. The number of aromatic nitrogens is 1. The molecular weight excluding hydrogens is 575 g/mol. The number of rotatable bonds is 10. The number of aliphatic imine (C=N–C) groups is 1. The number of piperazine rings is 1. The lowest BCUT2D eigenvalue weighted by atomic mass is 10.1. The van der Waals surface area contributed by atoms with Crippen molar-refractivity contribution in [1.82, 2.24) is 15.4 Å². The quantitative estimate of drug-likeness (QED) is 0.102. The van der Waals surface area contributed by atoms with Gasteiger partial charge in [0.05, 0.1) is 11.5 Å². The molecule has 1 fully saturated rings.